The number of rotatable bonds is 14. The molecule has 1 amide bonds. The SMILES string of the molecule is CCNC(=O)CC[C@H](C)C1CCC2C3C(CC[C@@]21C)[C@@]1(C)CC[C@@H](ONCC(=O)CC)C[C@H]1C[C@H]3ONCC(C)=O. The fourth-order valence-electron chi connectivity index (χ4n) is 9.82. The molecular weight excluding hydrogens is 518 g/mol. The molecule has 0 aromatic rings. The maximum absolute atomic E-state index is 12.2. The van der Waals surface area contributed by atoms with Crippen LogP contribution in [0.2, 0.25) is 0 Å². The van der Waals surface area contributed by atoms with E-state index in [-0.39, 0.29) is 53.6 Å². The highest BCUT2D eigenvalue weighted by Crippen LogP contribution is 2.68. The van der Waals surface area contributed by atoms with Gasteiger partial charge >= 0.3 is 0 Å². The van der Waals surface area contributed by atoms with Crippen LogP contribution in [0.1, 0.15) is 112 Å². The van der Waals surface area contributed by atoms with E-state index in [2.05, 4.69) is 37.0 Å². The third-order valence-electron chi connectivity index (χ3n) is 12.0. The van der Waals surface area contributed by atoms with Gasteiger partial charge in [-0.2, -0.15) is 11.0 Å². The van der Waals surface area contributed by atoms with Gasteiger partial charge in [-0.05, 0) is 118 Å². The second-order valence-corrected chi connectivity index (χ2v) is 14.3. The van der Waals surface area contributed by atoms with Gasteiger partial charge in [-0.25, -0.2) is 0 Å². The van der Waals surface area contributed by atoms with E-state index in [4.69, 9.17) is 9.68 Å². The van der Waals surface area contributed by atoms with Crippen LogP contribution in [-0.2, 0) is 24.1 Å². The second-order valence-electron chi connectivity index (χ2n) is 14.3. The lowest BCUT2D eigenvalue weighted by Gasteiger charge is -2.63. The van der Waals surface area contributed by atoms with Crippen LogP contribution >= 0.6 is 0 Å². The van der Waals surface area contributed by atoms with Crippen molar-refractivity contribution in [2.45, 2.75) is 124 Å². The lowest BCUT2D eigenvalue weighted by Crippen LogP contribution is -2.60. The summed E-state index contributed by atoms with van der Waals surface area (Å²) in [5.74, 6) is 3.68. The third-order valence-corrected chi connectivity index (χ3v) is 12.0. The summed E-state index contributed by atoms with van der Waals surface area (Å²) in [4.78, 5) is 48.2. The molecular formula is C33H57N3O5. The first-order valence-corrected chi connectivity index (χ1v) is 16.6. The van der Waals surface area contributed by atoms with Gasteiger partial charge in [-0.3, -0.25) is 24.1 Å². The Labute approximate surface area is 248 Å². The Morgan fingerprint density at radius 3 is 2.32 bits per heavy atom. The number of ketones is 2. The van der Waals surface area contributed by atoms with E-state index in [9.17, 15) is 14.4 Å². The quantitative estimate of drug-likeness (QED) is 0.246. The van der Waals surface area contributed by atoms with Crippen LogP contribution in [-0.4, -0.2) is 49.3 Å². The van der Waals surface area contributed by atoms with Crippen molar-refractivity contribution in [3.63, 3.8) is 0 Å². The van der Waals surface area contributed by atoms with Crippen LogP contribution in [0.15, 0.2) is 0 Å². The van der Waals surface area contributed by atoms with E-state index in [0.29, 0.717) is 54.9 Å². The van der Waals surface area contributed by atoms with Gasteiger partial charge in [0, 0.05) is 19.4 Å². The Kier molecular flexibility index (Phi) is 11.1. The van der Waals surface area contributed by atoms with Crippen molar-refractivity contribution in [2.24, 2.45) is 46.3 Å². The molecule has 3 N–H and O–H groups in total. The van der Waals surface area contributed by atoms with Crippen molar-refractivity contribution in [2.75, 3.05) is 19.6 Å². The van der Waals surface area contributed by atoms with Crippen LogP contribution in [0.4, 0.5) is 0 Å². The molecule has 4 unspecified atom stereocenters. The maximum atomic E-state index is 12.2. The van der Waals surface area contributed by atoms with Gasteiger partial charge < -0.3 is 5.32 Å². The zero-order valence-corrected chi connectivity index (χ0v) is 26.6. The largest absolute Gasteiger partial charge is 0.356 e. The van der Waals surface area contributed by atoms with Crippen molar-refractivity contribution in [3.8, 4) is 0 Å². The predicted molar refractivity (Wildman–Crippen MR) is 159 cm³/mol. The summed E-state index contributed by atoms with van der Waals surface area (Å²) in [7, 11) is 0. The topological polar surface area (TPSA) is 106 Å². The molecule has 0 heterocycles. The van der Waals surface area contributed by atoms with Crippen LogP contribution in [0.3, 0.4) is 0 Å². The lowest BCUT2D eigenvalue weighted by atomic mass is 9.43. The van der Waals surface area contributed by atoms with Gasteiger partial charge in [0.15, 0.2) is 0 Å². The van der Waals surface area contributed by atoms with Crippen LogP contribution in [0, 0.1) is 46.3 Å². The third kappa shape index (κ3) is 7.08. The maximum Gasteiger partial charge on any atom is 0.219 e. The van der Waals surface area contributed by atoms with Crippen molar-refractivity contribution in [1.82, 2.24) is 16.3 Å². The molecule has 0 radical (unpaired) electrons. The minimum Gasteiger partial charge on any atom is -0.356 e. The Morgan fingerprint density at radius 2 is 1.61 bits per heavy atom. The molecule has 0 aromatic carbocycles. The van der Waals surface area contributed by atoms with E-state index in [1.54, 1.807) is 6.92 Å². The molecule has 4 rings (SSSR count). The Hall–Kier alpha value is -1.35. The Balaban J connectivity index is 1.49. The molecule has 0 aliphatic heterocycles. The van der Waals surface area contributed by atoms with Gasteiger partial charge in [0.2, 0.25) is 5.91 Å². The van der Waals surface area contributed by atoms with Crippen LogP contribution < -0.4 is 16.3 Å². The molecule has 10 atom stereocenters. The molecule has 41 heavy (non-hydrogen) atoms. The van der Waals surface area contributed by atoms with E-state index in [1.165, 1.54) is 25.7 Å². The monoisotopic (exact) mass is 575 g/mol. The van der Waals surface area contributed by atoms with E-state index < -0.39 is 0 Å². The molecule has 0 saturated heterocycles. The van der Waals surface area contributed by atoms with E-state index in [0.717, 1.165) is 32.1 Å². The molecule has 4 aliphatic rings. The van der Waals surface area contributed by atoms with Crippen molar-refractivity contribution >= 4 is 17.5 Å². The van der Waals surface area contributed by atoms with Crippen molar-refractivity contribution in [1.29, 1.82) is 0 Å². The van der Waals surface area contributed by atoms with Gasteiger partial charge in [0.05, 0.1) is 25.3 Å². The molecule has 4 fully saturated rings. The first-order chi connectivity index (χ1) is 19.5. The summed E-state index contributed by atoms with van der Waals surface area (Å²) < 4.78 is 0. The number of hydrogen-bond acceptors (Lipinski definition) is 7. The predicted octanol–water partition coefficient (Wildman–Crippen LogP) is 5.16. The summed E-state index contributed by atoms with van der Waals surface area (Å²) in [5.41, 5.74) is 6.50. The molecule has 8 nitrogen and oxygen atoms in total. The number of carbonyl (C=O) groups is 3. The molecule has 0 bridgehead atoms. The fourth-order valence-corrected chi connectivity index (χ4v) is 9.82. The highest BCUT2D eigenvalue weighted by Gasteiger charge is 2.63. The Morgan fingerprint density at radius 1 is 0.902 bits per heavy atom. The zero-order chi connectivity index (χ0) is 29.8. The standard InChI is InChI=1S/C33H57N3O5/c1-7-24(38)20-36-40-25-13-15-32(5)23(17-25)18-29(41-35-19-22(4)37)31-27-11-10-26(33(27,6)16-14-28(31)32)21(3)9-12-30(39)34-8-2/h21,23,25-29,31,35-36H,7-20H2,1-6H3,(H,34,39)/t21-,23-,25+,26?,27?,28?,29+,31?,32-,33+/m0/s1. The number of fused-ring (bicyclic) bond motifs is 5. The minimum absolute atomic E-state index is 0.0693. The number of amides is 1. The van der Waals surface area contributed by atoms with E-state index in [1.807, 2.05) is 13.8 Å². The number of Topliss-reactive ketones (excluding diaryl/α,β-unsaturated/α-hetero) is 2. The molecule has 4 aliphatic carbocycles. The summed E-state index contributed by atoms with van der Waals surface area (Å²) in [6, 6.07) is 0. The van der Waals surface area contributed by atoms with Crippen molar-refractivity contribution in [3.05, 3.63) is 0 Å². The first kappa shape index (κ1) is 32.6. The van der Waals surface area contributed by atoms with Crippen LogP contribution in [0.5, 0.6) is 0 Å². The van der Waals surface area contributed by atoms with Gasteiger partial charge in [-0.1, -0.05) is 27.7 Å². The fraction of sp³-hybridized carbons (Fsp3) is 0.909. The van der Waals surface area contributed by atoms with Gasteiger partial charge in [0.1, 0.15) is 11.6 Å². The summed E-state index contributed by atoms with van der Waals surface area (Å²) in [5, 5.41) is 2.97. The lowest BCUT2D eigenvalue weighted by molar-refractivity contribution is -0.210. The molecule has 0 spiro atoms. The van der Waals surface area contributed by atoms with Gasteiger partial charge in [-0.15, -0.1) is 0 Å². The first-order valence-electron chi connectivity index (χ1n) is 16.6. The average molecular weight is 576 g/mol. The number of carbonyl (C=O) groups excluding carboxylic acids is 3. The van der Waals surface area contributed by atoms with E-state index >= 15 is 0 Å². The van der Waals surface area contributed by atoms with Gasteiger partial charge in [0.25, 0.3) is 0 Å². The summed E-state index contributed by atoms with van der Waals surface area (Å²) >= 11 is 0. The molecule has 8 heteroatoms. The van der Waals surface area contributed by atoms with Crippen molar-refractivity contribution < 1.29 is 24.1 Å². The highest BCUT2D eigenvalue weighted by molar-refractivity contribution is 5.79. The number of nitrogens with one attached hydrogen (secondary N) is 3. The molecule has 234 valence electrons. The molecule has 0 aromatic heterocycles. The molecule has 4 saturated carbocycles. The average Bonchev–Trinajstić information content (AvgIpc) is 3.29. The van der Waals surface area contributed by atoms with Crippen LogP contribution in [0.25, 0.3) is 0 Å². The minimum atomic E-state index is 0.0693. The summed E-state index contributed by atoms with van der Waals surface area (Å²) in [6.45, 7) is 14.1. The number of hydroxylamine groups is 2. The normalized spacial score (nSPS) is 38.8. The summed E-state index contributed by atoms with van der Waals surface area (Å²) in [6.07, 6.45) is 11.3. The second kappa shape index (κ2) is 14.0. The zero-order valence-electron chi connectivity index (χ0n) is 26.6. The Bertz CT molecular complexity index is 929. The highest BCUT2D eigenvalue weighted by atomic mass is 16.7. The smallest absolute Gasteiger partial charge is 0.219 e. The number of hydrogen-bond donors (Lipinski definition) is 3.